The molecule has 16 heavy (non-hydrogen) atoms. The van der Waals surface area contributed by atoms with Gasteiger partial charge in [-0.1, -0.05) is 12.1 Å². The molecule has 2 aromatic rings. The summed E-state index contributed by atoms with van der Waals surface area (Å²) in [6.07, 6.45) is 5.08. The van der Waals surface area contributed by atoms with E-state index in [1.165, 1.54) is 18.2 Å². The smallest absolute Gasteiger partial charge is 0.545 e. The molecular formula is C10H9N2NaO3. The van der Waals surface area contributed by atoms with Gasteiger partial charge in [0.25, 0.3) is 0 Å². The van der Waals surface area contributed by atoms with E-state index in [1.807, 2.05) is 0 Å². The number of aromatic carboxylic acids is 1. The molecule has 1 aromatic heterocycles. The average molecular weight is 228 g/mol. The van der Waals surface area contributed by atoms with Gasteiger partial charge in [0.2, 0.25) is 0 Å². The first kappa shape index (κ1) is 14.7. The van der Waals surface area contributed by atoms with Crippen molar-refractivity contribution < 1.29 is 44.6 Å². The average Bonchev–Trinajstić information content (AvgIpc) is 2.75. The summed E-state index contributed by atoms with van der Waals surface area (Å²) in [7, 11) is 0. The SMILES string of the molecule is O=C([O-])c1ccccc1O.[Na+].c1c[nH]cn1. The molecule has 0 aliphatic rings. The van der Waals surface area contributed by atoms with Crippen molar-refractivity contribution in [1.29, 1.82) is 0 Å². The van der Waals surface area contributed by atoms with E-state index >= 15 is 0 Å². The number of nitrogens with one attached hydrogen (secondary N) is 1. The molecule has 0 saturated heterocycles. The molecule has 6 heteroatoms. The predicted octanol–water partition coefficient (Wildman–Crippen LogP) is -2.83. The van der Waals surface area contributed by atoms with Crippen molar-refractivity contribution in [1.82, 2.24) is 9.97 Å². The fourth-order valence-corrected chi connectivity index (χ4v) is 0.861. The molecule has 5 nitrogen and oxygen atoms in total. The van der Waals surface area contributed by atoms with Crippen molar-refractivity contribution in [2.75, 3.05) is 0 Å². The van der Waals surface area contributed by atoms with Gasteiger partial charge in [-0.2, -0.15) is 0 Å². The van der Waals surface area contributed by atoms with E-state index in [0.717, 1.165) is 0 Å². The van der Waals surface area contributed by atoms with Crippen LogP contribution in [-0.4, -0.2) is 21.0 Å². The fraction of sp³-hybridized carbons (Fsp3) is 0. The van der Waals surface area contributed by atoms with Crippen LogP contribution >= 0.6 is 0 Å². The Bertz CT molecular complexity index is 401. The quantitative estimate of drug-likeness (QED) is 0.515. The van der Waals surface area contributed by atoms with Crippen LogP contribution in [0.4, 0.5) is 0 Å². The van der Waals surface area contributed by atoms with Crippen molar-refractivity contribution in [3.8, 4) is 5.75 Å². The molecule has 78 valence electrons. The molecule has 0 radical (unpaired) electrons. The molecule has 2 N–H and O–H groups in total. The van der Waals surface area contributed by atoms with Crippen LogP contribution in [0.1, 0.15) is 10.4 Å². The second kappa shape index (κ2) is 7.92. The third kappa shape index (κ3) is 4.97. The maximum atomic E-state index is 10.2. The number of hydrogen-bond donors (Lipinski definition) is 2. The number of H-pyrrole nitrogens is 1. The largest absolute Gasteiger partial charge is 1.00 e. The molecular weight excluding hydrogens is 219 g/mol. The zero-order chi connectivity index (χ0) is 11.1. The monoisotopic (exact) mass is 228 g/mol. The van der Waals surface area contributed by atoms with Gasteiger partial charge >= 0.3 is 29.6 Å². The molecule has 0 aliphatic heterocycles. The minimum absolute atomic E-state index is 0. The standard InChI is InChI=1S/C7H6O3.C3H4N2.Na/c8-6-4-2-1-3-5(6)7(9)10;1-2-5-3-4-1;/h1-4,8H,(H,9,10);1-3H,(H,4,5);/q;;+1/p-1. The second-order valence-electron chi connectivity index (χ2n) is 2.57. The van der Waals surface area contributed by atoms with Crippen LogP contribution in [-0.2, 0) is 0 Å². The van der Waals surface area contributed by atoms with Crippen LogP contribution in [0.2, 0.25) is 0 Å². The van der Waals surface area contributed by atoms with Gasteiger partial charge in [-0.15, -0.1) is 0 Å². The fourth-order valence-electron chi connectivity index (χ4n) is 0.861. The molecule has 2 rings (SSSR count). The number of carboxylic acid groups (broad SMARTS) is 1. The van der Waals surface area contributed by atoms with Gasteiger partial charge in [0.05, 0.1) is 12.3 Å². The van der Waals surface area contributed by atoms with Gasteiger partial charge < -0.3 is 20.0 Å². The van der Waals surface area contributed by atoms with E-state index in [9.17, 15) is 9.90 Å². The van der Waals surface area contributed by atoms with E-state index in [2.05, 4.69) is 9.97 Å². The summed E-state index contributed by atoms with van der Waals surface area (Å²) in [6.45, 7) is 0. The van der Waals surface area contributed by atoms with Crippen molar-refractivity contribution >= 4 is 5.97 Å². The maximum Gasteiger partial charge on any atom is 1.00 e. The molecule has 1 aromatic carbocycles. The summed E-state index contributed by atoms with van der Waals surface area (Å²) in [4.78, 5) is 16.6. The van der Waals surface area contributed by atoms with Crippen molar-refractivity contribution in [3.63, 3.8) is 0 Å². The van der Waals surface area contributed by atoms with Crippen molar-refractivity contribution in [2.24, 2.45) is 0 Å². The summed E-state index contributed by atoms with van der Waals surface area (Å²) in [5, 5.41) is 19.0. The number of para-hydroxylation sites is 1. The normalized spacial score (nSPS) is 8.25. The number of carbonyl (C=O) groups is 1. The molecule has 0 amide bonds. The molecule has 0 bridgehead atoms. The van der Waals surface area contributed by atoms with Gasteiger partial charge in [-0.25, -0.2) is 4.98 Å². The minimum Gasteiger partial charge on any atom is -0.545 e. The minimum atomic E-state index is -1.36. The van der Waals surface area contributed by atoms with E-state index in [1.54, 1.807) is 24.8 Å². The number of nitrogens with zero attached hydrogens (tertiary/aromatic N) is 1. The van der Waals surface area contributed by atoms with Gasteiger partial charge in [-0.05, 0) is 12.1 Å². The Morgan fingerprint density at radius 2 is 2.06 bits per heavy atom. The molecule has 0 aliphatic carbocycles. The molecule has 0 unspecified atom stereocenters. The summed E-state index contributed by atoms with van der Waals surface area (Å²) >= 11 is 0. The number of aromatic nitrogens is 2. The zero-order valence-electron chi connectivity index (χ0n) is 8.75. The number of hydrogen-bond acceptors (Lipinski definition) is 4. The summed E-state index contributed by atoms with van der Waals surface area (Å²) in [5.74, 6) is -1.62. The molecule has 0 atom stereocenters. The van der Waals surface area contributed by atoms with Crippen LogP contribution in [0.5, 0.6) is 5.75 Å². The Hall–Kier alpha value is -1.30. The predicted molar refractivity (Wildman–Crippen MR) is 51.0 cm³/mol. The van der Waals surface area contributed by atoms with Crippen LogP contribution in [0, 0.1) is 0 Å². The zero-order valence-corrected chi connectivity index (χ0v) is 10.8. The number of phenols is 1. The Morgan fingerprint density at radius 1 is 1.38 bits per heavy atom. The molecule has 0 fully saturated rings. The van der Waals surface area contributed by atoms with Gasteiger partial charge in [-0.3, -0.25) is 0 Å². The van der Waals surface area contributed by atoms with E-state index in [0.29, 0.717) is 0 Å². The summed E-state index contributed by atoms with van der Waals surface area (Å²) < 4.78 is 0. The number of aromatic hydroxyl groups is 1. The molecule has 0 saturated carbocycles. The third-order valence-corrected chi connectivity index (χ3v) is 1.53. The van der Waals surface area contributed by atoms with Gasteiger partial charge in [0, 0.05) is 18.0 Å². The summed E-state index contributed by atoms with van der Waals surface area (Å²) in [6, 6.07) is 5.64. The summed E-state index contributed by atoms with van der Waals surface area (Å²) in [5.41, 5.74) is -0.178. The first-order valence-electron chi connectivity index (χ1n) is 4.14. The van der Waals surface area contributed by atoms with Crippen LogP contribution in [0.15, 0.2) is 43.0 Å². The van der Waals surface area contributed by atoms with Crippen LogP contribution < -0.4 is 34.7 Å². The Balaban J connectivity index is 0.000000318. The van der Waals surface area contributed by atoms with E-state index < -0.39 is 5.97 Å². The number of rotatable bonds is 1. The van der Waals surface area contributed by atoms with Crippen LogP contribution in [0.3, 0.4) is 0 Å². The van der Waals surface area contributed by atoms with Crippen molar-refractivity contribution in [2.45, 2.75) is 0 Å². The molecule has 1 heterocycles. The number of imidazole rings is 1. The van der Waals surface area contributed by atoms with E-state index in [4.69, 9.17) is 5.11 Å². The number of carboxylic acids is 1. The first-order chi connectivity index (χ1) is 7.22. The van der Waals surface area contributed by atoms with Gasteiger partial charge in [0.15, 0.2) is 0 Å². The second-order valence-corrected chi connectivity index (χ2v) is 2.57. The number of aromatic amines is 1. The topological polar surface area (TPSA) is 89.0 Å². The third-order valence-electron chi connectivity index (χ3n) is 1.53. The van der Waals surface area contributed by atoms with E-state index in [-0.39, 0.29) is 40.9 Å². The van der Waals surface area contributed by atoms with Gasteiger partial charge in [0.1, 0.15) is 5.75 Å². The Morgan fingerprint density at radius 3 is 2.38 bits per heavy atom. The van der Waals surface area contributed by atoms with Crippen molar-refractivity contribution in [3.05, 3.63) is 48.5 Å². The van der Waals surface area contributed by atoms with Crippen LogP contribution in [0.25, 0.3) is 0 Å². The number of carbonyl (C=O) groups excluding carboxylic acids is 1. The molecule has 0 spiro atoms. The number of benzene rings is 1. The first-order valence-corrected chi connectivity index (χ1v) is 4.14. The maximum absolute atomic E-state index is 10.2. The Kier molecular flexibility index (Phi) is 7.28. The Labute approximate surface area is 114 Å².